The van der Waals surface area contributed by atoms with Crippen LogP contribution >= 0.6 is 0 Å². The quantitative estimate of drug-likeness (QED) is 0.853. The molecule has 2 unspecified atom stereocenters. The highest BCUT2D eigenvalue weighted by Gasteiger charge is 2.30. The maximum absolute atomic E-state index is 13.1. The Balaban J connectivity index is 1.52. The first-order valence-electron chi connectivity index (χ1n) is 9.41. The third-order valence-corrected chi connectivity index (χ3v) is 5.40. The van der Waals surface area contributed by atoms with Crippen LogP contribution in [0.4, 0.5) is 0 Å². The zero-order valence-electron chi connectivity index (χ0n) is 15.5. The van der Waals surface area contributed by atoms with E-state index in [-0.39, 0.29) is 18.1 Å². The SMILES string of the molecule is CC1Cc2cc(CC(=O)N3CCN(C)CC3c3ccccc3)ccc2O1. The number of nitrogens with zero attached hydrogens (tertiary/aromatic N) is 2. The van der Waals surface area contributed by atoms with E-state index < -0.39 is 0 Å². The van der Waals surface area contributed by atoms with Crippen LogP contribution in [0, 0.1) is 0 Å². The Morgan fingerprint density at radius 3 is 2.77 bits per heavy atom. The fourth-order valence-electron chi connectivity index (χ4n) is 4.04. The Kier molecular flexibility index (Phi) is 4.68. The minimum absolute atomic E-state index is 0.125. The summed E-state index contributed by atoms with van der Waals surface area (Å²) >= 11 is 0. The van der Waals surface area contributed by atoms with Gasteiger partial charge in [-0.1, -0.05) is 42.5 Å². The molecule has 0 bridgehead atoms. The summed E-state index contributed by atoms with van der Waals surface area (Å²) in [5.41, 5.74) is 3.52. The van der Waals surface area contributed by atoms with Gasteiger partial charge < -0.3 is 14.5 Å². The van der Waals surface area contributed by atoms with Crippen LogP contribution in [0.1, 0.15) is 29.7 Å². The van der Waals surface area contributed by atoms with E-state index in [4.69, 9.17) is 4.74 Å². The normalized spacial score (nSPS) is 22.8. The molecule has 2 atom stereocenters. The largest absolute Gasteiger partial charge is 0.490 e. The average molecular weight is 350 g/mol. The number of carbonyl (C=O) groups is 1. The molecule has 1 saturated heterocycles. The molecule has 0 N–H and O–H groups in total. The van der Waals surface area contributed by atoms with E-state index >= 15 is 0 Å². The van der Waals surface area contributed by atoms with Crippen LogP contribution in [0.25, 0.3) is 0 Å². The van der Waals surface area contributed by atoms with Gasteiger partial charge in [0.05, 0.1) is 12.5 Å². The summed E-state index contributed by atoms with van der Waals surface area (Å²) in [4.78, 5) is 17.5. The summed E-state index contributed by atoms with van der Waals surface area (Å²) in [5, 5.41) is 0. The molecule has 4 rings (SSSR count). The van der Waals surface area contributed by atoms with Crippen molar-refractivity contribution >= 4 is 5.91 Å². The van der Waals surface area contributed by atoms with Crippen LogP contribution < -0.4 is 4.74 Å². The molecule has 2 aliphatic heterocycles. The van der Waals surface area contributed by atoms with Gasteiger partial charge in [0, 0.05) is 26.1 Å². The predicted octanol–water partition coefficient (Wildman–Crippen LogP) is 3.07. The molecule has 0 spiro atoms. The van der Waals surface area contributed by atoms with E-state index in [0.717, 1.165) is 37.4 Å². The van der Waals surface area contributed by atoms with E-state index in [0.29, 0.717) is 6.42 Å². The monoisotopic (exact) mass is 350 g/mol. The molecule has 4 nitrogen and oxygen atoms in total. The van der Waals surface area contributed by atoms with Gasteiger partial charge >= 0.3 is 0 Å². The van der Waals surface area contributed by atoms with Crippen LogP contribution in [0.5, 0.6) is 5.75 Å². The van der Waals surface area contributed by atoms with Crippen LogP contribution in [0.3, 0.4) is 0 Å². The summed E-state index contributed by atoms with van der Waals surface area (Å²) in [6, 6.07) is 16.7. The van der Waals surface area contributed by atoms with Crippen molar-refractivity contribution in [2.75, 3.05) is 26.7 Å². The maximum atomic E-state index is 13.1. The summed E-state index contributed by atoms with van der Waals surface area (Å²) in [7, 11) is 2.12. The number of piperazine rings is 1. The van der Waals surface area contributed by atoms with Crippen molar-refractivity contribution in [2.45, 2.75) is 31.9 Å². The molecule has 4 heteroatoms. The van der Waals surface area contributed by atoms with Crippen molar-refractivity contribution in [2.24, 2.45) is 0 Å². The Labute approximate surface area is 155 Å². The van der Waals surface area contributed by atoms with Gasteiger partial charge in [0.25, 0.3) is 0 Å². The van der Waals surface area contributed by atoms with Crippen molar-refractivity contribution in [3.8, 4) is 5.75 Å². The second kappa shape index (κ2) is 7.12. The van der Waals surface area contributed by atoms with Crippen LogP contribution in [0.2, 0.25) is 0 Å². The number of carbonyl (C=O) groups excluding carboxylic acids is 1. The molecule has 136 valence electrons. The fraction of sp³-hybridized carbons (Fsp3) is 0.409. The second-order valence-electron chi connectivity index (χ2n) is 7.53. The molecule has 0 aliphatic carbocycles. The molecular weight excluding hydrogens is 324 g/mol. The molecule has 0 aromatic heterocycles. The number of rotatable bonds is 3. The molecule has 0 saturated carbocycles. The van der Waals surface area contributed by atoms with E-state index in [9.17, 15) is 4.79 Å². The van der Waals surface area contributed by atoms with Crippen LogP contribution in [-0.2, 0) is 17.6 Å². The number of amides is 1. The lowest BCUT2D eigenvalue weighted by molar-refractivity contribution is -0.135. The van der Waals surface area contributed by atoms with Gasteiger partial charge in [-0.15, -0.1) is 0 Å². The third kappa shape index (κ3) is 3.47. The highest BCUT2D eigenvalue weighted by molar-refractivity contribution is 5.79. The van der Waals surface area contributed by atoms with E-state index in [1.54, 1.807) is 0 Å². The first-order valence-corrected chi connectivity index (χ1v) is 9.41. The van der Waals surface area contributed by atoms with Gasteiger partial charge in [0.15, 0.2) is 0 Å². The zero-order chi connectivity index (χ0) is 18.1. The number of ether oxygens (including phenoxy) is 1. The second-order valence-corrected chi connectivity index (χ2v) is 7.53. The molecule has 0 radical (unpaired) electrons. The molecule has 1 fully saturated rings. The number of hydrogen-bond acceptors (Lipinski definition) is 3. The molecule has 2 aromatic rings. The highest BCUT2D eigenvalue weighted by atomic mass is 16.5. The van der Waals surface area contributed by atoms with Gasteiger partial charge in [0.1, 0.15) is 11.9 Å². The summed E-state index contributed by atoms with van der Waals surface area (Å²) in [5.74, 6) is 1.18. The molecular formula is C22H26N2O2. The minimum Gasteiger partial charge on any atom is -0.490 e. The third-order valence-electron chi connectivity index (χ3n) is 5.40. The lowest BCUT2D eigenvalue weighted by Crippen LogP contribution is -2.49. The highest BCUT2D eigenvalue weighted by Crippen LogP contribution is 2.30. The smallest absolute Gasteiger partial charge is 0.227 e. The molecule has 1 amide bonds. The fourth-order valence-corrected chi connectivity index (χ4v) is 4.04. The van der Waals surface area contributed by atoms with E-state index in [2.05, 4.69) is 42.0 Å². The predicted molar refractivity (Wildman–Crippen MR) is 102 cm³/mol. The van der Waals surface area contributed by atoms with Crippen LogP contribution in [-0.4, -0.2) is 48.5 Å². The topological polar surface area (TPSA) is 32.8 Å². The van der Waals surface area contributed by atoms with Crippen molar-refractivity contribution in [1.82, 2.24) is 9.80 Å². The van der Waals surface area contributed by atoms with Crippen LogP contribution in [0.15, 0.2) is 48.5 Å². The minimum atomic E-state index is 0.125. The number of benzene rings is 2. The molecule has 2 aliphatic rings. The van der Waals surface area contributed by atoms with E-state index in [1.165, 1.54) is 11.1 Å². The Hall–Kier alpha value is -2.33. The van der Waals surface area contributed by atoms with E-state index in [1.807, 2.05) is 30.3 Å². The number of likely N-dealkylation sites (N-methyl/N-ethyl adjacent to an activating group) is 1. The van der Waals surface area contributed by atoms with Gasteiger partial charge in [-0.2, -0.15) is 0 Å². The Morgan fingerprint density at radius 2 is 1.96 bits per heavy atom. The summed E-state index contributed by atoms with van der Waals surface area (Å²) in [6.45, 7) is 4.66. The summed E-state index contributed by atoms with van der Waals surface area (Å²) in [6.07, 6.45) is 1.61. The first-order chi connectivity index (χ1) is 12.6. The molecule has 2 heterocycles. The van der Waals surface area contributed by atoms with Gasteiger partial charge in [0.2, 0.25) is 5.91 Å². The van der Waals surface area contributed by atoms with Gasteiger partial charge in [-0.25, -0.2) is 0 Å². The maximum Gasteiger partial charge on any atom is 0.227 e. The van der Waals surface area contributed by atoms with Crippen molar-refractivity contribution < 1.29 is 9.53 Å². The number of fused-ring (bicyclic) bond motifs is 1. The Bertz CT molecular complexity index is 790. The average Bonchev–Trinajstić information content (AvgIpc) is 3.01. The lowest BCUT2D eigenvalue weighted by Gasteiger charge is -2.40. The van der Waals surface area contributed by atoms with Crippen molar-refractivity contribution in [1.29, 1.82) is 0 Å². The molecule has 2 aromatic carbocycles. The summed E-state index contributed by atoms with van der Waals surface area (Å²) < 4.78 is 5.77. The van der Waals surface area contributed by atoms with Crippen molar-refractivity contribution in [3.63, 3.8) is 0 Å². The molecule has 26 heavy (non-hydrogen) atoms. The zero-order valence-corrected chi connectivity index (χ0v) is 15.5. The van der Waals surface area contributed by atoms with Gasteiger partial charge in [-0.3, -0.25) is 4.79 Å². The van der Waals surface area contributed by atoms with Gasteiger partial charge in [-0.05, 0) is 36.7 Å². The first kappa shape index (κ1) is 17.1. The Morgan fingerprint density at radius 1 is 1.15 bits per heavy atom. The lowest BCUT2D eigenvalue weighted by atomic mass is 10.0. The standard InChI is InChI=1S/C22H26N2O2/c1-16-12-19-13-17(8-9-21(19)26-16)14-22(25)24-11-10-23(2)15-20(24)18-6-4-3-5-7-18/h3-9,13,16,20H,10-12,14-15H2,1-2H3. The number of hydrogen-bond donors (Lipinski definition) is 0. The van der Waals surface area contributed by atoms with Crippen molar-refractivity contribution in [3.05, 3.63) is 65.2 Å².